The van der Waals surface area contributed by atoms with Gasteiger partial charge in [-0.3, -0.25) is 14.6 Å². The van der Waals surface area contributed by atoms with E-state index in [4.69, 9.17) is 4.74 Å². The molecule has 1 amide bonds. The molecule has 0 radical (unpaired) electrons. The lowest BCUT2D eigenvalue weighted by molar-refractivity contribution is -0.117. The van der Waals surface area contributed by atoms with Crippen molar-refractivity contribution in [3.63, 3.8) is 0 Å². The van der Waals surface area contributed by atoms with Gasteiger partial charge in [-0.15, -0.1) is 0 Å². The van der Waals surface area contributed by atoms with Gasteiger partial charge in [0.2, 0.25) is 11.8 Å². The highest BCUT2D eigenvalue weighted by atomic mass is 19.2. The predicted molar refractivity (Wildman–Crippen MR) is 97.5 cm³/mol. The molecular formula is C19H22F2N4O2. The first-order valence-electron chi connectivity index (χ1n) is 8.72. The number of hydrogen-bond acceptors (Lipinski definition) is 5. The van der Waals surface area contributed by atoms with E-state index >= 15 is 0 Å². The van der Waals surface area contributed by atoms with Crippen LogP contribution < -0.4 is 10.1 Å². The molecule has 1 N–H and O–H groups in total. The number of carbonyl (C=O) groups excluding carboxylic acids is 1. The fourth-order valence-corrected chi connectivity index (χ4v) is 3.00. The maximum Gasteiger partial charge on any atom is 0.238 e. The van der Waals surface area contributed by atoms with Crippen LogP contribution in [-0.4, -0.2) is 60.5 Å². The zero-order valence-corrected chi connectivity index (χ0v) is 15.1. The first-order valence-corrected chi connectivity index (χ1v) is 8.72. The Hall–Kier alpha value is -2.58. The van der Waals surface area contributed by atoms with E-state index < -0.39 is 11.6 Å². The normalized spacial score (nSPS) is 15.5. The molecule has 8 heteroatoms. The largest absolute Gasteiger partial charge is 0.481 e. The summed E-state index contributed by atoms with van der Waals surface area (Å²) < 4.78 is 31.3. The van der Waals surface area contributed by atoms with E-state index in [9.17, 15) is 13.6 Å². The molecule has 1 aromatic carbocycles. The van der Waals surface area contributed by atoms with Gasteiger partial charge in [-0.1, -0.05) is 0 Å². The molecule has 6 nitrogen and oxygen atoms in total. The lowest BCUT2D eigenvalue weighted by atomic mass is 10.2. The van der Waals surface area contributed by atoms with Crippen molar-refractivity contribution < 1.29 is 18.3 Å². The summed E-state index contributed by atoms with van der Waals surface area (Å²) in [5.74, 6) is -1.56. The number of ether oxygens (including phenoxy) is 1. The topological polar surface area (TPSA) is 57.7 Å². The van der Waals surface area contributed by atoms with Gasteiger partial charge < -0.3 is 10.1 Å². The number of halogens is 2. The summed E-state index contributed by atoms with van der Waals surface area (Å²) >= 11 is 0. The molecule has 0 saturated carbocycles. The molecule has 1 saturated heterocycles. The third kappa shape index (κ3) is 5.45. The first-order chi connectivity index (χ1) is 13.0. The average molecular weight is 376 g/mol. The standard InChI is InChI=1S/C19H22F2N4O2/c1-27-19-10-14(4-5-22-19)12-24-6-8-25(9-7-24)13-18(26)23-15-2-3-16(20)17(21)11-15/h2-5,10-11H,6-9,12-13H2,1H3,(H,23,26). The molecule has 27 heavy (non-hydrogen) atoms. The average Bonchev–Trinajstić information content (AvgIpc) is 2.66. The highest BCUT2D eigenvalue weighted by Crippen LogP contribution is 2.14. The van der Waals surface area contributed by atoms with Crippen LogP contribution in [0.1, 0.15) is 5.56 Å². The monoisotopic (exact) mass is 376 g/mol. The van der Waals surface area contributed by atoms with Gasteiger partial charge in [0.05, 0.1) is 13.7 Å². The SMILES string of the molecule is COc1cc(CN2CCN(CC(=O)Nc3ccc(F)c(F)c3)CC2)ccn1. The zero-order chi connectivity index (χ0) is 19.2. The summed E-state index contributed by atoms with van der Waals surface area (Å²) in [6.07, 6.45) is 1.73. The highest BCUT2D eigenvalue weighted by Gasteiger charge is 2.19. The summed E-state index contributed by atoms with van der Waals surface area (Å²) in [4.78, 5) is 20.6. The van der Waals surface area contributed by atoms with Crippen LogP contribution in [-0.2, 0) is 11.3 Å². The molecule has 2 aromatic rings. The van der Waals surface area contributed by atoms with Crippen LogP contribution in [0.5, 0.6) is 5.88 Å². The Morgan fingerprint density at radius 1 is 1.11 bits per heavy atom. The Balaban J connectivity index is 1.44. The summed E-state index contributed by atoms with van der Waals surface area (Å²) in [6.45, 7) is 4.21. The molecule has 1 aliphatic heterocycles. The predicted octanol–water partition coefficient (Wildman–Crippen LogP) is 2.12. The molecule has 1 aliphatic rings. The number of pyridine rings is 1. The van der Waals surface area contributed by atoms with Gasteiger partial charge in [-0.25, -0.2) is 13.8 Å². The minimum absolute atomic E-state index is 0.218. The van der Waals surface area contributed by atoms with E-state index in [2.05, 4.69) is 15.2 Å². The third-order valence-electron chi connectivity index (χ3n) is 4.45. The van der Waals surface area contributed by atoms with E-state index in [1.165, 1.54) is 6.07 Å². The maximum atomic E-state index is 13.2. The van der Waals surface area contributed by atoms with Gasteiger partial charge in [0.15, 0.2) is 11.6 Å². The lowest BCUT2D eigenvalue weighted by Crippen LogP contribution is -2.48. The number of benzene rings is 1. The molecule has 2 heterocycles. The Morgan fingerprint density at radius 2 is 1.85 bits per heavy atom. The molecule has 1 fully saturated rings. The van der Waals surface area contributed by atoms with Crippen LogP contribution in [0.15, 0.2) is 36.5 Å². The van der Waals surface area contributed by atoms with Gasteiger partial charge in [-0.2, -0.15) is 0 Å². The number of aromatic nitrogens is 1. The van der Waals surface area contributed by atoms with E-state index in [0.29, 0.717) is 5.88 Å². The number of hydrogen-bond donors (Lipinski definition) is 1. The van der Waals surface area contributed by atoms with Gasteiger partial charge in [-0.05, 0) is 23.8 Å². The molecule has 0 unspecified atom stereocenters. The summed E-state index contributed by atoms with van der Waals surface area (Å²) in [5.41, 5.74) is 1.38. The minimum Gasteiger partial charge on any atom is -0.481 e. The smallest absolute Gasteiger partial charge is 0.238 e. The molecule has 0 bridgehead atoms. The van der Waals surface area contributed by atoms with E-state index in [0.717, 1.165) is 50.4 Å². The molecule has 144 valence electrons. The summed E-state index contributed by atoms with van der Waals surface area (Å²) in [6, 6.07) is 7.20. The zero-order valence-electron chi connectivity index (χ0n) is 15.1. The van der Waals surface area contributed by atoms with Crippen molar-refractivity contribution in [2.24, 2.45) is 0 Å². The van der Waals surface area contributed by atoms with Crippen LogP contribution in [0, 0.1) is 11.6 Å². The van der Waals surface area contributed by atoms with Crippen molar-refractivity contribution in [1.82, 2.24) is 14.8 Å². The lowest BCUT2D eigenvalue weighted by Gasteiger charge is -2.34. The Bertz CT molecular complexity index is 795. The van der Waals surface area contributed by atoms with Gasteiger partial charge >= 0.3 is 0 Å². The highest BCUT2D eigenvalue weighted by molar-refractivity contribution is 5.92. The number of nitrogens with zero attached hydrogens (tertiary/aromatic N) is 3. The second kappa shape index (κ2) is 8.88. The fraction of sp³-hybridized carbons (Fsp3) is 0.368. The van der Waals surface area contributed by atoms with Crippen LogP contribution in [0.25, 0.3) is 0 Å². The van der Waals surface area contributed by atoms with Crippen molar-refractivity contribution >= 4 is 11.6 Å². The number of carbonyl (C=O) groups is 1. The Labute approximate surface area is 156 Å². The number of amides is 1. The second-order valence-electron chi connectivity index (χ2n) is 6.44. The summed E-state index contributed by atoms with van der Waals surface area (Å²) in [7, 11) is 1.59. The molecule has 3 rings (SSSR count). The van der Waals surface area contributed by atoms with Gasteiger partial charge in [0, 0.05) is 56.7 Å². The number of nitrogens with one attached hydrogen (secondary N) is 1. The third-order valence-corrected chi connectivity index (χ3v) is 4.45. The molecule has 0 spiro atoms. The number of anilines is 1. The van der Waals surface area contributed by atoms with Gasteiger partial charge in [0.25, 0.3) is 0 Å². The fourth-order valence-electron chi connectivity index (χ4n) is 3.00. The van der Waals surface area contributed by atoms with Crippen LogP contribution in [0.3, 0.4) is 0 Å². The number of rotatable bonds is 6. The van der Waals surface area contributed by atoms with E-state index in [-0.39, 0.29) is 18.1 Å². The van der Waals surface area contributed by atoms with Crippen molar-refractivity contribution in [2.75, 3.05) is 45.2 Å². The van der Waals surface area contributed by atoms with Gasteiger partial charge in [0.1, 0.15) is 0 Å². The second-order valence-corrected chi connectivity index (χ2v) is 6.44. The molecule has 1 aromatic heterocycles. The van der Waals surface area contributed by atoms with Crippen molar-refractivity contribution in [1.29, 1.82) is 0 Å². The number of piperazine rings is 1. The number of methoxy groups -OCH3 is 1. The molecular weight excluding hydrogens is 354 g/mol. The van der Waals surface area contributed by atoms with Crippen LogP contribution >= 0.6 is 0 Å². The molecule has 0 atom stereocenters. The van der Waals surface area contributed by atoms with Crippen molar-refractivity contribution in [2.45, 2.75) is 6.54 Å². The van der Waals surface area contributed by atoms with Crippen molar-refractivity contribution in [3.8, 4) is 5.88 Å². The quantitative estimate of drug-likeness (QED) is 0.837. The maximum absolute atomic E-state index is 13.2. The van der Waals surface area contributed by atoms with Crippen LogP contribution in [0.2, 0.25) is 0 Å². The van der Waals surface area contributed by atoms with Crippen LogP contribution in [0.4, 0.5) is 14.5 Å². The Kier molecular flexibility index (Phi) is 6.31. The summed E-state index contributed by atoms with van der Waals surface area (Å²) in [5, 5.41) is 2.60. The molecule has 0 aliphatic carbocycles. The first kappa shape index (κ1) is 19.2. The Morgan fingerprint density at radius 3 is 2.56 bits per heavy atom. The van der Waals surface area contributed by atoms with Crippen molar-refractivity contribution in [3.05, 3.63) is 53.7 Å². The van der Waals surface area contributed by atoms with E-state index in [1.54, 1.807) is 13.3 Å². The van der Waals surface area contributed by atoms with E-state index in [1.807, 2.05) is 17.0 Å². The minimum atomic E-state index is -0.978.